The summed E-state index contributed by atoms with van der Waals surface area (Å²) in [6.45, 7) is 4.38. The molecule has 2 saturated carbocycles. The Morgan fingerprint density at radius 2 is 2.00 bits per heavy atom. The van der Waals surface area contributed by atoms with E-state index in [1.165, 1.54) is 32.1 Å². The van der Waals surface area contributed by atoms with E-state index in [2.05, 4.69) is 24.1 Å². The van der Waals surface area contributed by atoms with Gasteiger partial charge < -0.3 is 4.90 Å². The first kappa shape index (κ1) is 11.5. The molecule has 0 bridgehead atoms. The van der Waals surface area contributed by atoms with Gasteiger partial charge in [0.15, 0.2) is 0 Å². The zero-order chi connectivity index (χ0) is 12.0. The minimum atomic E-state index is 0.0911. The van der Waals surface area contributed by atoms with Gasteiger partial charge in [0.1, 0.15) is 0 Å². The minimum Gasteiger partial charge on any atom is -0.322 e. The van der Waals surface area contributed by atoms with Crippen molar-refractivity contribution in [2.75, 3.05) is 0 Å². The molecule has 3 rings (SSSR count). The Balaban J connectivity index is 1.77. The van der Waals surface area contributed by atoms with Crippen LogP contribution in [-0.2, 0) is 4.79 Å². The summed E-state index contributed by atoms with van der Waals surface area (Å²) in [7, 11) is 0. The Morgan fingerprint density at radius 1 is 1.35 bits per heavy atom. The molecule has 1 saturated heterocycles. The molecule has 1 N–H and O–H groups in total. The molecular formula is C14H24N2O. The molecule has 0 spiro atoms. The Morgan fingerprint density at radius 3 is 2.53 bits per heavy atom. The number of nitrogens with one attached hydrogen (secondary N) is 1. The second kappa shape index (κ2) is 4.27. The SMILES string of the molecule is CCC1NC(C2CCCC2)N(C2CC2C)C1=O. The monoisotopic (exact) mass is 236 g/mol. The van der Waals surface area contributed by atoms with Crippen LogP contribution in [0, 0.1) is 11.8 Å². The van der Waals surface area contributed by atoms with Crippen LogP contribution in [-0.4, -0.2) is 29.1 Å². The molecular weight excluding hydrogens is 212 g/mol. The molecule has 0 aromatic heterocycles. The summed E-state index contributed by atoms with van der Waals surface area (Å²) in [6.07, 6.45) is 7.80. The topological polar surface area (TPSA) is 32.3 Å². The molecule has 2 aliphatic carbocycles. The number of amides is 1. The predicted molar refractivity (Wildman–Crippen MR) is 67.4 cm³/mol. The third-order valence-electron chi connectivity index (χ3n) is 4.90. The first-order valence-electron chi connectivity index (χ1n) is 7.30. The van der Waals surface area contributed by atoms with E-state index < -0.39 is 0 Å². The van der Waals surface area contributed by atoms with E-state index in [4.69, 9.17) is 0 Å². The molecule has 0 aromatic rings. The van der Waals surface area contributed by atoms with Crippen LogP contribution in [0.25, 0.3) is 0 Å². The molecule has 0 radical (unpaired) electrons. The molecule has 4 unspecified atom stereocenters. The van der Waals surface area contributed by atoms with Crippen molar-refractivity contribution < 1.29 is 4.79 Å². The fourth-order valence-corrected chi connectivity index (χ4v) is 3.66. The van der Waals surface area contributed by atoms with Gasteiger partial charge in [-0.3, -0.25) is 10.1 Å². The first-order valence-corrected chi connectivity index (χ1v) is 7.30. The number of hydrogen-bond donors (Lipinski definition) is 1. The van der Waals surface area contributed by atoms with E-state index in [0.29, 0.717) is 24.0 Å². The second-order valence-corrected chi connectivity index (χ2v) is 6.14. The largest absolute Gasteiger partial charge is 0.322 e. The maximum Gasteiger partial charge on any atom is 0.241 e. The van der Waals surface area contributed by atoms with Crippen molar-refractivity contribution >= 4 is 5.91 Å². The first-order chi connectivity index (χ1) is 8.22. The van der Waals surface area contributed by atoms with Crippen LogP contribution in [0.5, 0.6) is 0 Å². The fraction of sp³-hybridized carbons (Fsp3) is 0.929. The van der Waals surface area contributed by atoms with Gasteiger partial charge in [-0.2, -0.15) is 0 Å². The van der Waals surface area contributed by atoms with Crippen molar-refractivity contribution in [3.8, 4) is 0 Å². The third kappa shape index (κ3) is 1.88. The highest BCUT2D eigenvalue weighted by atomic mass is 16.2. The summed E-state index contributed by atoms with van der Waals surface area (Å²) < 4.78 is 0. The lowest BCUT2D eigenvalue weighted by Gasteiger charge is -2.29. The van der Waals surface area contributed by atoms with Gasteiger partial charge in [-0.1, -0.05) is 26.7 Å². The van der Waals surface area contributed by atoms with Crippen molar-refractivity contribution in [3.05, 3.63) is 0 Å². The average Bonchev–Trinajstić information content (AvgIpc) is 2.79. The lowest BCUT2D eigenvalue weighted by molar-refractivity contribution is -0.131. The normalized spacial score (nSPS) is 42.5. The highest BCUT2D eigenvalue weighted by Crippen LogP contribution is 2.42. The summed E-state index contributed by atoms with van der Waals surface area (Å²) in [5, 5.41) is 3.60. The van der Waals surface area contributed by atoms with Gasteiger partial charge in [0.25, 0.3) is 0 Å². The highest BCUT2D eigenvalue weighted by molar-refractivity contribution is 5.85. The summed E-state index contributed by atoms with van der Waals surface area (Å²) in [5.74, 6) is 1.81. The minimum absolute atomic E-state index is 0.0911. The van der Waals surface area contributed by atoms with Crippen LogP contribution in [0.1, 0.15) is 52.4 Å². The van der Waals surface area contributed by atoms with Gasteiger partial charge in [-0.05, 0) is 37.5 Å². The van der Waals surface area contributed by atoms with Crippen LogP contribution >= 0.6 is 0 Å². The van der Waals surface area contributed by atoms with Gasteiger partial charge in [-0.15, -0.1) is 0 Å². The van der Waals surface area contributed by atoms with Gasteiger partial charge >= 0.3 is 0 Å². The van der Waals surface area contributed by atoms with Crippen LogP contribution in [0.4, 0.5) is 0 Å². The van der Waals surface area contributed by atoms with Gasteiger partial charge in [0, 0.05) is 6.04 Å². The summed E-state index contributed by atoms with van der Waals surface area (Å²) in [6, 6.07) is 0.630. The smallest absolute Gasteiger partial charge is 0.241 e. The zero-order valence-corrected chi connectivity index (χ0v) is 11.0. The molecule has 3 nitrogen and oxygen atoms in total. The lowest BCUT2D eigenvalue weighted by atomic mass is 10.0. The van der Waals surface area contributed by atoms with E-state index in [1.807, 2.05) is 0 Å². The Hall–Kier alpha value is -0.570. The Labute approximate surface area is 104 Å². The molecule has 3 aliphatic rings. The van der Waals surface area contributed by atoms with E-state index in [-0.39, 0.29) is 6.04 Å². The van der Waals surface area contributed by atoms with Gasteiger partial charge in [0.05, 0.1) is 12.2 Å². The second-order valence-electron chi connectivity index (χ2n) is 6.14. The van der Waals surface area contributed by atoms with Crippen LogP contribution in [0.2, 0.25) is 0 Å². The zero-order valence-electron chi connectivity index (χ0n) is 11.0. The van der Waals surface area contributed by atoms with Crippen molar-refractivity contribution in [1.29, 1.82) is 0 Å². The van der Waals surface area contributed by atoms with Crippen molar-refractivity contribution in [1.82, 2.24) is 10.2 Å². The average molecular weight is 236 g/mol. The molecule has 3 fully saturated rings. The molecule has 96 valence electrons. The molecule has 17 heavy (non-hydrogen) atoms. The number of nitrogens with zero attached hydrogens (tertiary/aromatic N) is 1. The van der Waals surface area contributed by atoms with Crippen LogP contribution < -0.4 is 5.32 Å². The number of carbonyl (C=O) groups is 1. The fourth-order valence-electron chi connectivity index (χ4n) is 3.66. The summed E-state index contributed by atoms with van der Waals surface area (Å²) >= 11 is 0. The highest BCUT2D eigenvalue weighted by Gasteiger charge is 2.51. The standard InChI is InChI=1S/C14H24N2O/c1-3-11-14(17)16(12-8-9(12)2)13(15-11)10-6-4-5-7-10/h9-13,15H,3-8H2,1-2H3. The van der Waals surface area contributed by atoms with Gasteiger partial charge in [0.2, 0.25) is 5.91 Å². The molecule has 1 aliphatic heterocycles. The summed E-state index contributed by atoms with van der Waals surface area (Å²) in [4.78, 5) is 14.6. The quantitative estimate of drug-likeness (QED) is 0.814. The van der Waals surface area contributed by atoms with Crippen molar-refractivity contribution in [3.63, 3.8) is 0 Å². The molecule has 1 amide bonds. The molecule has 4 atom stereocenters. The van der Waals surface area contributed by atoms with E-state index >= 15 is 0 Å². The van der Waals surface area contributed by atoms with Crippen molar-refractivity contribution in [2.24, 2.45) is 11.8 Å². The Bertz CT molecular complexity index is 311. The molecule has 3 heteroatoms. The van der Waals surface area contributed by atoms with E-state index in [0.717, 1.165) is 12.3 Å². The van der Waals surface area contributed by atoms with E-state index in [1.54, 1.807) is 0 Å². The van der Waals surface area contributed by atoms with Crippen molar-refractivity contribution in [2.45, 2.75) is 70.6 Å². The molecule has 1 heterocycles. The van der Waals surface area contributed by atoms with Crippen LogP contribution in [0.3, 0.4) is 0 Å². The lowest BCUT2D eigenvalue weighted by Crippen LogP contribution is -2.44. The number of hydrogen-bond acceptors (Lipinski definition) is 2. The van der Waals surface area contributed by atoms with Gasteiger partial charge in [-0.25, -0.2) is 0 Å². The van der Waals surface area contributed by atoms with Crippen LogP contribution in [0.15, 0.2) is 0 Å². The maximum atomic E-state index is 12.4. The number of carbonyl (C=O) groups excluding carboxylic acids is 1. The molecule has 0 aromatic carbocycles. The maximum absolute atomic E-state index is 12.4. The third-order valence-corrected chi connectivity index (χ3v) is 4.90. The summed E-state index contributed by atoms with van der Waals surface area (Å²) in [5.41, 5.74) is 0. The van der Waals surface area contributed by atoms with E-state index in [9.17, 15) is 4.79 Å². The number of rotatable bonds is 3. The predicted octanol–water partition coefficient (Wildman–Crippen LogP) is 2.12. The Kier molecular flexibility index (Phi) is 2.89.